The van der Waals surface area contributed by atoms with Gasteiger partial charge in [-0.1, -0.05) is 11.8 Å². The zero-order valence-corrected chi connectivity index (χ0v) is 11.9. The summed E-state index contributed by atoms with van der Waals surface area (Å²) in [7, 11) is 0. The quantitative estimate of drug-likeness (QED) is 0.598. The molecule has 1 heterocycles. The Balaban J connectivity index is 2.59. The number of piperazine rings is 1. The van der Waals surface area contributed by atoms with Crippen LogP contribution in [0.5, 0.6) is 0 Å². The van der Waals surface area contributed by atoms with Gasteiger partial charge in [0.05, 0.1) is 13.2 Å². The summed E-state index contributed by atoms with van der Waals surface area (Å²) in [6, 6.07) is -0.201. The SMILES string of the molecule is CCOC(=O)C1CNCCN1CC#CC(C)(C)C. The summed E-state index contributed by atoms with van der Waals surface area (Å²) < 4.78 is 5.09. The zero-order chi connectivity index (χ0) is 13.6. The smallest absolute Gasteiger partial charge is 0.324 e. The van der Waals surface area contributed by atoms with E-state index < -0.39 is 0 Å². The monoisotopic (exact) mass is 252 g/mol. The molecule has 4 nitrogen and oxygen atoms in total. The van der Waals surface area contributed by atoms with E-state index >= 15 is 0 Å². The van der Waals surface area contributed by atoms with Crippen molar-refractivity contribution >= 4 is 5.97 Å². The van der Waals surface area contributed by atoms with Gasteiger partial charge in [0.2, 0.25) is 0 Å². The van der Waals surface area contributed by atoms with E-state index in [0.29, 0.717) is 19.7 Å². The van der Waals surface area contributed by atoms with Crippen LogP contribution < -0.4 is 5.32 Å². The van der Waals surface area contributed by atoms with Gasteiger partial charge in [-0.2, -0.15) is 0 Å². The molecule has 1 rings (SSSR count). The van der Waals surface area contributed by atoms with Crippen LogP contribution in [0.15, 0.2) is 0 Å². The predicted octanol–water partition coefficient (Wildman–Crippen LogP) is 0.873. The molecule has 1 atom stereocenters. The summed E-state index contributed by atoms with van der Waals surface area (Å²) in [5.41, 5.74) is 0.00740. The van der Waals surface area contributed by atoms with E-state index in [9.17, 15) is 4.79 Å². The number of hydrogen-bond acceptors (Lipinski definition) is 4. The van der Waals surface area contributed by atoms with E-state index in [-0.39, 0.29) is 17.4 Å². The fraction of sp³-hybridized carbons (Fsp3) is 0.786. The van der Waals surface area contributed by atoms with Crippen LogP contribution in [0.4, 0.5) is 0 Å². The zero-order valence-electron chi connectivity index (χ0n) is 11.9. The normalized spacial score (nSPS) is 21.0. The average molecular weight is 252 g/mol. The van der Waals surface area contributed by atoms with Crippen molar-refractivity contribution in [2.24, 2.45) is 5.41 Å². The molecule has 0 aromatic carbocycles. The summed E-state index contributed by atoms with van der Waals surface area (Å²) in [4.78, 5) is 13.9. The van der Waals surface area contributed by atoms with Crippen molar-refractivity contribution in [2.45, 2.75) is 33.7 Å². The highest BCUT2D eigenvalue weighted by atomic mass is 16.5. The lowest BCUT2D eigenvalue weighted by molar-refractivity contribution is -0.149. The van der Waals surface area contributed by atoms with E-state index in [1.54, 1.807) is 0 Å². The molecule has 0 radical (unpaired) electrons. The maximum absolute atomic E-state index is 11.8. The number of ether oxygens (including phenoxy) is 1. The molecule has 0 spiro atoms. The Morgan fingerprint density at radius 3 is 2.83 bits per heavy atom. The van der Waals surface area contributed by atoms with Crippen molar-refractivity contribution in [1.29, 1.82) is 0 Å². The number of carbonyl (C=O) groups excluding carboxylic acids is 1. The minimum atomic E-state index is -0.201. The molecule has 1 fully saturated rings. The van der Waals surface area contributed by atoms with Gasteiger partial charge in [0, 0.05) is 25.0 Å². The maximum atomic E-state index is 11.8. The highest BCUT2D eigenvalue weighted by Gasteiger charge is 2.28. The number of rotatable bonds is 3. The second-order valence-corrected chi connectivity index (χ2v) is 5.49. The van der Waals surface area contributed by atoms with E-state index in [4.69, 9.17) is 4.74 Å². The Kier molecular flexibility index (Phi) is 5.64. The number of esters is 1. The molecule has 1 aliphatic rings. The van der Waals surface area contributed by atoms with Crippen molar-refractivity contribution in [2.75, 3.05) is 32.8 Å². The minimum absolute atomic E-state index is 0.00740. The van der Waals surface area contributed by atoms with Crippen molar-refractivity contribution in [3.63, 3.8) is 0 Å². The Labute approximate surface area is 110 Å². The molecule has 1 saturated heterocycles. The van der Waals surface area contributed by atoms with Crippen molar-refractivity contribution < 1.29 is 9.53 Å². The molecule has 0 aromatic heterocycles. The van der Waals surface area contributed by atoms with Gasteiger partial charge in [0.15, 0.2) is 0 Å². The molecule has 4 heteroatoms. The summed E-state index contributed by atoms with van der Waals surface area (Å²) in [5, 5.41) is 3.22. The molecule has 0 aromatic rings. The highest BCUT2D eigenvalue weighted by Crippen LogP contribution is 2.10. The van der Waals surface area contributed by atoms with E-state index in [1.165, 1.54) is 0 Å². The largest absolute Gasteiger partial charge is 0.465 e. The molecule has 1 unspecified atom stereocenters. The number of hydrogen-bond donors (Lipinski definition) is 1. The topological polar surface area (TPSA) is 41.6 Å². The highest BCUT2D eigenvalue weighted by molar-refractivity contribution is 5.76. The predicted molar refractivity (Wildman–Crippen MR) is 72.1 cm³/mol. The van der Waals surface area contributed by atoms with E-state index in [2.05, 4.69) is 42.8 Å². The molecular weight excluding hydrogens is 228 g/mol. The molecule has 1 N–H and O–H groups in total. The van der Waals surface area contributed by atoms with Crippen molar-refractivity contribution in [1.82, 2.24) is 10.2 Å². The molecule has 0 aliphatic carbocycles. The Bertz CT molecular complexity index is 336. The van der Waals surface area contributed by atoms with Crippen molar-refractivity contribution in [3.05, 3.63) is 0 Å². The minimum Gasteiger partial charge on any atom is -0.465 e. The fourth-order valence-electron chi connectivity index (χ4n) is 1.81. The molecule has 0 saturated carbocycles. The summed E-state index contributed by atoms with van der Waals surface area (Å²) >= 11 is 0. The summed E-state index contributed by atoms with van der Waals surface area (Å²) in [6.07, 6.45) is 0. The second-order valence-electron chi connectivity index (χ2n) is 5.49. The van der Waals surface area contributed by atoms with Crippen LogP contribution in [-0.4, -0.2) is 49.7 Å². The molecule has 1 aliphatic heterocycles. The average Bonchev–Trinajstić information content (AvgIpc) is 2.28. The first-order chi connectivity index (χ1) is 8.44. The molecule has 102 valence electrons. The molecule has 0 amide bonds. The lowest BCUT2D eigenvalue weighted by atomic mass is 9.98. The molecule has 0 bridgehead atoms. The van der Waals surface area contributed by atoms with E-state index in [0.717, 1.165) is 13.1 Å². The van der Waals surface area contributed by atoms with Crippen molar-refractivity contribution in [3.8, 4) is 11.8 Å². The first-order valence-electron chi connectivity index (χ1n) is 6.55. The third-order valence-corrected chi connectivity index (χ3v) is 2.66. The van der Waals surface area contributed by atoms with Crippen LogP contribution in [0, 0.1) is 17.3 Å². The third-order valence-electron chi connectivity index (χ3n) is 2.66. The standard InChI is InChI=1S/C14H24N2O2/c1-5-18-13(17)12-11-15-8-10-16(12)9-6-7-14(2,3)4/h12,15H,5,8-11H2,1-4H3. The lowest BCUT2D eigenvalue weighted by Crippen LogP contribution is -2.55. The number of nitrogens with one attached hydrogen (secondary N) is 1. The number of nitrogens with zero attached hydrogens (tertiary/aromatic N) is 1. The van der Waals surface area contributed by atoms with Crippen LogP contribution in [0.3, 0.4) is 0 Å². The van der Waals surface area contributed by atoms with Crippen LogP contribution in [0.2, 0.25) is 0 Å². The van der Waals surface area contributed by atoms with Gasteiger partial charge in [-0.05, 0) is 27.7 Å². The summed E-state index contributed by atoms with van der Waals surface area (Å²) in [6.45, 7) is 11.5. The van der Waals surface area contributed by atoms with Crippen LogP contribution in [-0.2, 0) is 9.53 Å². The fourth-order valence-corrected chi connectivity index (χ4v) is 1.81. The van der Waals surface area contributed by atoms with Gasteiger partial charge in [0.25, 0.3) is 0 Å². The second kappa shape index (κ2) is 6.77. The van der Waals surface area contributed by atoms with Gasteiger partial charge in [-0.15, -0.1) is 0 Å². The first-order valence-corrected chi connectivity index (χ1v) is 6.55. The van der Waals surface area contributed by atoms with Gasteiger partial charge in [-0.3, -0.25) is 9.69 Å². The Morgan fingerprint density at radius 2 is 2.22 bits per heavy atom. The van der Waals surface area contributed by atoms with Crippen LogP contribution in [0.25, 0.3) is 0 Å². The summed E-state index contributed by atoms with van der Waals surface area (Å²) in [5.74, 6) is 6.21. The molecular formula is C14H24N2O2. The molecule has 18 heavy (non-hydrogen) atoms. The lowest BCUT2D eigenvalue weighted by Gasteiger charge is -2.33. The number of carbonyl (C=O) groups is 1. The van der Waals surface area contributed by atoms with E-state index in [1.807, 2.05) is 6.92 Å². The third kappa shape index (κ3) is 5.07. The van der Waals surface area contributed by atoms with Crippen LogP contribution >= 0.6 is 0 Å². The maximum Gasteiger partial charge on any atom is 0.324 e. The van der Waals surface area contributed by atoms with Crippen LogP contribution in [0.1, 0.15) is 27.7 Å². The Morgan fingerprint density at radius 1 is 1.50 bits per heavy atom. The first kappa shape index (κ1) is 15.0. The van der Waals surface area contributed by atoms with Gasteiger partial charge in [0.1, 0.15) is 6.04 Å². The van der Waals surface area contributed by atoms with Gasteiger partial charge in [-0.25, -0.2) is 0 Å². The van der Waals surface area contributed by atoms with Gasteiger partial charge >= 0.3 is 5.97 Å². The Hall–Kier alpha value is -1.05. The van der Waals surface area contributed by atoms with Gasteiger partial charge < -0.3 is 10.1 Å².